The Labute approximate surface area is 112 Å². The first-order valence-electron chi connectivity index (χ1n) is 6.89. The monoisotopic (exact) mass is 276 g/mol. The smallest absolute Gasteiger partial charge is 0.150 e. The molecule has 1 aliphatic rings. The van der Waals surface area contributed by atoms with Crippen LogP contribution in [-0.4, -0.2) is 57.5 Å². The van der Waals surface area contributed by atoms with Crippen molar-refractivity contribution in [2.45, 2.75) is 45.2 Å². The Morgan fingerprint density at radius 3 is 2.22 bits per heavy atom. The summed E-state index contributed by atoms with van der Waals surface area (Å²) in [7, 11) is 1.42. The molecule has 0 bridgehead atoms. The third kappa shape index (κ3) is 6.16. The van der Waals surface area contributed by atoms with E-state index in [9.17, 15) is 8.42 Å². The van der Waals surface area contributed by atoms with Gasteiger partial charge in [0.1, 0.15) is 9.84 Å². The first kappa shape index (κ1) is 15.9. The summed E-state index contributed by atoms with van der Waals surface area (Å²) in [6, 6.07) is 0.836. The Morgan fingerprint density at radius 1 is 1.22 bits per heavy atom. The van der Waals surface area contributed by atoms with Crippen LogP contribution >= 0.6 is 0 Å². The zero-order valence-corrected chi connectivity index (χ0v) is 13.0. The van der Waals surface area contributed by atoms with Gasteiger partial charge in [0.15, 0.2) is 0 Å². The highest BCUT2D eigenvalue weighted by molar-refractivity contribution is 7.91. The molecule has 1 rings (SSSR count). The van der Waals surface area contributed by atoms with Gasteiger partial charge in [0.05, 0.1) is 11.5 Å². The van der Waals surface area contributed by atoms with Crippen LogP contribution < -0.4 is 5.32 Å². The second-order valence-corrected chi connectivity index (χ2v) is 8.49. The van der Waals surface area contributed by atoms with Crippen LogP contribution in [-0.2, 0) is 9.84 Å². The SMILES string of the molecule is CC(C)CC(CN(C)C)NC1CCS(=O)(=O)CC1. The number of hydrogen-bond donors (Lipinski definition) is 1. The van der Waals surface area contributed by atoms with Gasteiger partial charge in [0.2, 0.25) is 0 Å². The summed E-state index contributed by atoms with van der Waals surface area (Å²) in [5.74, 6) is 1.36. The molecule has 1 heterocycles. The minimum Gasteiger partial charge on any atom is -0.310 e. The van der Waals surface area contributed by atoms with E-state index < -0.39 is 9.84 Å². The van der Waals surface area contributed by atoms with Gasteiger partial charge in [-0.1, -0.05) is 13.8 Å². The Morgan fingerprint density at radius 2 is 1.78 bits per heavy atom. The molecule has 0 saturated carbocycles. The zero-order valence-electron chi connectivity index (χ0n) is 12.1. The fraction of sp³-hybridized carbons (Fsp3) is 1.00. The predicted octanol–water partition coefficient (Wildman–Crippen LogP) is 1.13. The molecule has 0 amide bonds. The van der Waals surface area contributed by atoms with Crippen molar-refractivity contribution in [2.24, 2.45) is 5.92 Å². The molecule has 1 saturated heterocycles. The number of hydrogen-bond acceptors (Lipinski definition) is 4. The quantitative estimate of drug-likeness (QED) is 0.790. The normalized spacial score (nSPS) is 22.6. The van der Waals surface area contributed by atoms with E-state index in [1.807, 2.05) is 0 Å². The molecule has 108 valence electrons. The Hall–Kier alpha value is -0.130. The minimum atomic E-state index is -2.75. The molecule has 0 spiro atoms. The van der Waals surface area contributed by atoms with Crippen molar-refractivity contribution in [3.05, 3.63) is 0 Å². The molecule has 1 aliphatic heterocycles. The average Bonchev–Trinajstić information content (AvgIpc) is 2.19. The van der Waals surface area contributed by atoms with E-state index >= 15 is 0 Å². The number of nitrogens with zero attached hydrogens (tertiary/aromatic N) is 1. The lowest BCUT2D eigenvalue weighted by Crippen LogP contribution is -2.47. The van der Waals surface area contributed by atoms with Crippen molar-refractivity contribution in [1.29, 1.82) is 0 Å². The van der Waals surface area contributed by atoms with Gasteiger partial charge in [-0.15, -0.1) is 0 Å². The molecule has 0 aromatic heterocycles. The molecule has 1 N–H and O–H groups in total. The Bertz CT molecular complexity index is 315. The maximum atomic E-state index is 11.4. The van der Waals surface area contributed by atoms with Crippen LogP contribution in [0.3, 0.4) is 0 Å². The van der Waals surface area contributed by atoms with Gasteiger partial charge in [0.25, 0.3) is 0 Å². The van der Waals surface area contributed by atoms with Crippen molar-refractivity contribution in [1.82, 2.24) is 10.2 Å². The Kier molecular flexibility index (Phi) is 6.08. The molecule has 1 unspecified atom stereocenters. The average molecular weight is 276 g/mol. The second-order valence-electron chi connectivity index (χ2n) is 6.18. The van der Waals surface area contributed by atoms with Gasteiger partial charge in [0, 0.05) is 18.6 Å². The summed E-state index contributed by atoms with van der Waals surface area (Å²) in [6.45, 7) is 5.48. The van der Waals surface area contributed by atoms with E-state index in [0.29, 0.717) is 29.5 Å². The fourth-order valence-electron chi connectivity index (χ4n) is 2.60. The second kappa shape index (κ2) is 6.87. The molecule has 1 atom stereocenters. The van der Waals surface area contributed by atoms with Crippen molar-refractivity contribution in [3.63, 3.8) is 0 Å². The maximum absolute atomic E-state index is 11.4. The topological polar surface area (TPSA) is 49.4 Å². The van der Waals surface area contributed by atoms with Gasteiger partial charge >= 0.3 is 0 Å². The van der Waals surface area contributed by atoms with Crippen molar-refractivity contribution in [3.8, 4) is 0 Å². The summed E-state index contributed by atoms with van der Waals surface area (Å²) in [5, 5.41) is 3.65. The molecule has 1 fully saturated rings. The first-order chi connectivity index (χ1) is 8.28. The van der Waals surface area contributed by atoms with Crippen molar-refractivity contribution < 1.29 is 8.42 Å². The molecule has 18 heavy (non-hydrogen) atoms. The number of rotatable bonds is 6. The summed E-state index contributed by atoms with van der Waals surface area (Å²) < 4.78 is 22.8. The molecule has 0 aliphatic carbocycles. The molecule has 4 nitrogen and oxygen atoms in total. The maximum Gasteiger partial charge on any atom is 0.150 e. The van der Waals surface area contributed by atoms with Crippen molar-refractivity contribution in [2.75, 3.05) is 32.1 Å². The lowest BCUT2D eigenvalue weighted by Gasteiger charge is -2.31. The van der Waals surface area contributed by atoms with E-state index in [4.69, 9.17) is 0 Å². The standard InChI is InChI=1S/C13H28N2O2S/c1-11(2)9-13(10-15(3)4)14-12-5-7-18(16,17)8-6-12/h11-14H,5-10H2,1-4H3. The highest BCUT2D eigenvalue weighted by Crippen LogP contribution is 2.15. The minimum absolute atomic E-state index is 0.348. The van der Waals surface area contributed by atoms with Gasteiger partial charge < -0.3 is 10.2 Å². The highest BCUT2D eigenvalue weighted by atomic mass is 32.2. The molecule has 5 heteroatoms. The summed E-state index contributed by atoms with van der Waals surface area (Å²) in [5.41, 5.74) is 0. The van der Waals surface area contributed by atoms with Crippen LogP contribution in [0.5, 0.6) is 0 Å². The van der Waals surface area contributed by atoms with E-state index in [-0.39, 0.29) is 0 Å². The van der Waals surface area contributed by atoms with E-state index in [1.165, 1.54) is 0 Å². The molecular formula is C13H28N2O2S. The third-order valence-electron chi connectivity index (χ3n) is 3.37. The van der Waals surface area contributed by atoms with Crippen LogP contribution in [0.25, 0.3) is 0 Å². The van der Waals surface area contributed by atoms with Crippen LogP contribution in [0.2, 0.25) is 0 Å². The van der Waals surface area contributed by atoms with Gasteiger partial charge in [-0.3, -0.25) is 0 Å². The summed E-state index contributed by atoms with van der Waals surface area (Å²) in [4.78, 5) is 2.19. The molecule has 0 radical (unpaired) electrons. The van der Waals surface area contributed by atoms with Gasteiger partial charge in [-0.2, -0.15) is 0 Å². The molecule has 0 aromatic carbocycles. The van der Waals surface area contributed by atoms with Crippen LogP contribution in [0, 0.1) is 5.92 Å². The number of nitrogens with one attached hydrogen (secondary N) is 1. The highest BCUT2D eigenvalue weighted by Gasteiger charge is 2.25. The summed E-state index contributed by atoms with van der Waals surface area (Å²) in [6.07, 6.45) is 2.68. The summed E-state index contributed by atoms with van der Waals surface area (Å²) >= 11 is 0. The largest absolute Gasteiger partial charge is 0.310 e. The Balaban J connectivity index is 2.45. The first-order valence-corrected chi connectivity index (χ1v) is 8.72. The predicted molar refractivity (Wildman–Crippen MR) is 76.6 cm³/mol. The van der Waals surface area contributed by atoms with E-state index in [2.05, 4.69) is 38.2 Å². The van der Waals surface area contributed by atoms with E-state index in [1.54, 1.807) is 0 Å². The van der Waals surface area contributed by atoms with Crippen LogP contribution in [0.4, 0.5) is 0 Å². The van der Waals surface area contributed by atoms with E-state index in [0.717, 1.165) is 25.8 Å². The van der Waals surface area contributed by atoms with Gasteiger partial charge in [-0.25, -0.2) is 8.42 Å². The number of sulfone groups is 1. The lowest BCUT2D eigenvalue weighted by atomic mass is 10.0. The fourth-order valence-corrected chi connectivity index (χ4v) is 4.09. The number of likely N-dealkylation sites (N-methyl/N-ethyl adjacent to an activating group) is 1. The zero-order chi connectivity index (χ0) is 13.8. The van der Waals surface area contributed by atoms with Crippen LogP contribution in [0.1, 0.15) is 33.1 Å². The van der Waals surface area contributed by atoms with Crippen molar-refractivity contribution >= 4 is 9.84 Å². The van der Waals surface area contributed by atoms with Gasteiger partial charge in [-0.05, 0) is 39.3 Å². The third-order valence-corrected chi connectivity index (χ3v) is 5.08. The lowest BCUT2D eigenvalue weighted by molar-refractivity contribution is 0.279. The van der Waals surface area contributed by atoms with Crippen LogP contribution in [0.15, 0.2) is 0 Å². The molecular weight excluding hydrogens is 248 g/mol. The molecule has 0 aromatic rings.